The largest absolute Gasteiger partial charge is 0.395 e. The van der Waals surface area contributed by atoms with Crippen LogP contribution in [0.15, 0.2) is 10.6 Å². The van der Waals surface area contributed by atoms with Gasteiger partial charge < -0.3 is 14.9 Å². The van der Waals surface area contributed by atoms with E-state index in [1.807, 2.05) is 13.8 Å². The smallest absolute Gasteiger partial charge is 0.220 e. The lowest BCUT2D eigenvalue weighted by atomic mass is 10.2. The van der Waals surface area contributed by atoms with Crippen LogP contribution in [0.2, 0.25) is 0 Å². The highest BCUT2D eigenvalue weighted by atomic mass is 16.5. The number of hydrogen-bond acceptors (Lipinski definition) is 6. The van der Waals surface area contributed by atoms with Crippen molar-refractivity contribution in [2.75, 3.05) is 19.7 Å². The molecule has 0 bridgehead atoms. The predicted molar refractivity (Wildman–Crippen MR) is 95.4 cm³/mol. The number of carbonyl (C=O) groups is 1. The normalized spacial score (nSPS) is 14.9. The minimum absolute atomic E-state index is 0.0362. The first-order valence-corrected chi connectivity index (χ1v) is 9.14. The van der Waals surface area contributed by atoms with E-state index in [0.29, 0.717) is 19.4 Å². The van der Waals surface area contributed by atoms with Gasteiger partial charge in [0, 0.05) is 51.1 Å². The molecule has 0 fully saturated rings. The Hall–Kier alpha value is -2.19. The zero-order valence-corrected chi connectivity index (χ0v) is 15.5. The van der Waals surface area contributed by atoms with Crippen molar-refractivity contribution in [1.29, 1.82) is 0 Å². The average molecular weight is 361 g/mol. The van der Waals surface area contributed by atoms with Crippen LogP contribution in [-0.4, -0.2) is 50.5 Å². The van der Waals surface area contributed by atoms with E-state index in [4.69, 9.17) is 9.63 Å². The molecule has 8 nitrogen and oxygen atoms in total. The Kier molecular flexibility index (Phi) is 6.05. The Bertz CT molecular complexity index is 733. The van der Waals surface area contributed by atoms with Crippen molar-refractivity contribution in [2.24, 2.45) is 0 Å². The Morgan fingerprint density at radius 3 is 2.96 bits per heavy atom. The van der Waals surface area contributed by atoms with E-state index in [9.17, 15) is 4.79 Å². The Labute approximate surface area is 153 Å². The molecule has 0 radical (unpaired) electrons. The third-order valence-electron chi connectivity index (χ3n) is 4.75. The summed E-state index contributed by atoms with van der Waals surface area (Å²) in [5.74, 6) is 0.831. The molecule has 1 amide bonds. The van der Waals surface area contributed by atoms with Gasteiger partial charge in [0.2, 0.25) is 5.91 Å². The third kappa shape index (κ3) is 4.50. The van der Waals surface area contributed by atoms with Crippen LogP contribution in [-0.2, 0) is 30.8 Å². The first-order valence-electron chi connectivity index (χ1n) is 9.14. The molecule has 1 aliphatic heterocycles. The maximum absolute atomic E-state index is 11.7. The number of aliphatic hydroxyl groups excluding tert-OH is 1. The molecule has 3 rings (SSSR count). The summed E-state index contributed by atoms with van der Waals surface area (Å²) in [6.07, 6.45) is 2.04. The lowest BCUT2D eigenvalue weighted by Crippen LogP contribution is -2.26. The lowest BCUT2D eigenvalue weighted by molar-refractivity contribution is -0.121. The molecule has 8 heteroatoms. The fourth-order valence-electron chi connectivity index (χ4n) is 3.32. The van der Waals surface area contributed by atoms with Crippen LogP contribution < -0.4 is 5.32 Å². The van der Waals surface area contributed by atoms with Crippen molar-refractivity contribution >= 4 is 5.91 Å². The average Bonchev–Trinajstić information content (AvgIpc) is 3.09. The number of aromatic nitrogens is 3. The highest BCUT2D eigenvalue weighted by Gasteiger charge is 2.20. The fourth-order valence-corrected chi connectivity index (χ4v) is 3.32. The van der Waals surface area contributed by atoms with Gasteiger partial charge in [-0.15, -0.1) is 0 Å². The SMILES string of the molecule is Cc1noc(C)c1CN1CCCn2nc(CCC(=O)NCCO)cc2C1. The van der Waals surface area contributed by atoms with Gasteiger partial charge in [-0.3, -0.25) is 14.4 Å². The molecule has 2 N–H and O–H groups in total. The van der Waals surface area contributed by atoms with Gasteiger partial charge in [0.1, 0.15) is 5.76 Å². The highest BCUT2D eigenvalue weighted by molar-refractivity contribution is 5.76. The highest BCUT2D eigenvalue weighted by Crippen LogP contribution is 2.20. The van der Waals surface area contributed by atoms with Crippen molar-refractivity contribution in [2.45, 2.75) is 52.7 Å². The Balaban J connectivity index is 1.61. The van der Waals surface area contributed by atoms with E-state index >= 15 is 0 Å². The number of carbonyl (C=O) groups excluding carboxylic acids is 1. The molecule has 0 saturated heterocycles. The van der Waals surface area contributed by atoms with Crippen molar-refractivity contribution < 1.29 is 14.4 Å². The maximum Gasteiger partial charge on any atom is 0.220 e. The molecule has 0 aliphatic carbocycles. The minimum atomic E-state index is -0.0534. The van der Waals surface area contributed by atoms with Gasteiger partial charge in [0.05, 0.1) is 23.7 Å². The lowest BCUT2D eigenvalue weighted by Gasteiger charge is -2.19. The number of fused-ring (bicyclic) bond motifs is 1. The molecule has 0 spiro atoms. The molecule has 1 aliphatic rings. The van der Waals surface area contributed by atoms with E-state index in [-0.39, 0.29) is 12.5 Å². The van der Waals surface area contributed by atoms with Crippen LogP contribution >= 0.6 is 0 Å². The number of aliphatic hydroxyl groups is 1. The molecule has 3 heterocycles. The van der Waals surface area contributed by atoms with Gasteiger partial charge in [-0.1, -0.05) is 5.16 Å². The molecule has 0 saturated carbocycles. The first-order chi connectivity index (χ1) is 12.6. The summed E-state index contributed by atoms with van der Waals surface area (Å²) in [5, 5.41) is 20.1. The van der Waals surface area contributed by atoms with Gasteiger partial charge in [0.25, 0.3) is 0 Å². The van der Waals surface area contributed by atoms with Crippen LogP contribution in [0.1, 0.15) is 41.2 Å². The molecule has 142 valence electrons. The summed E-state index contributed by atoms with van der Waals surface area (Å²) < 4.78 is 7.34. The summed E-state index contributed by atoms with van der Waals surface area (Å²) in [4.78, 5) is 14.1. The molecule has 2 aromatic heterocycles. The number of nitrogens with zero attached hydrogens (tertiary/aromatic N) is 4. The summed E-state index contributed by atoms with van der Waals surface area (Å²) in [5.41, 5.74) is 4.24. The number of hydrogen-bond donors (Lipinski definition) is 2. The van der Waals surface area contributed by atoms with Gasteiger partial charge >= 0.3 is 0 Å². The third-order valence-corrected chi connectivity index (χ3v) is 4.75. The molecule has 2 aromatic rings. The zero-order valence-electron chi connectivity index (χ0n) is 15.5. The number of nitrogens with one attached hydrogen (secondary N) is 1. The minimum Gasteiger partial charge on any atom is -0.395 e. The number of rotatable bonds is 7. The van der Waals surface area contributed by atoms with E-state index in [0.717, 1.165) is 49.7 Å². The molecule has 0 unspecified atom stereocenters. The summed E-state index contributed by atoms with van der Waals surface area (Å²) in [7, 11) is 0. The Morgan fingerprint density at radius 2 is 2.23 bits per heavy atom. The molecular weight excluding hydrogens is 334 g/mol. The standard InChI is InChI=1S/C18H27N5O3/c1-13-17(14(2)26-21-13)12-22-7-3-8-23-16(11-22)10-15(20-23)4-5-18(25)19-6-9-24/h10,24H,3-9,11-12H2,1-2H3,(H,19,25). The van der Waals surface area contributed by atoms with Crippen molar-refractivity contribution in [1.82, 2.24) is 25.2 Å². The van der Waals surface area contributed by atoms with Crippen molar-refractivity contribution in [3.8, 4) is 0 Å². The summed E-state index contributed by atoms with van der Waals surface area (Å²) in [6, 6.07) is 2.10. The quantitative estimate of drug-likeness (QED) is 0.762. The van der Waals surface area contributed by atoms with Gasteiger partial charge in [-0.05, 0) is 26.3 Å². The predicted octanol–water partition coefficient (Wildman–Crippen LogP) is 0.935. The van der Waals surface area contributed by atoms with E-state index < -0.39 is 0 Å². The monoisotopic (exact) mass is 361 g/mol. The van der Waals surface area contributed by atoms with Crippen LogP contribution in [0.5, 0.6) is 0 Å². The fraction of sp³-hybridized carbons (Fsp3) is 0.611. The van der Waals surface area contributed by atoms with E-state index in [1.165, 1.54) is 11.3 Å². The summed E-state index contributed by atoms with van der Waals surface area (Å²) >= 11 is 0. The molecule has 0 atom stereocenters. The second kappa shape index (κ2) is 8.46. The van der Waals surface area contributed by atoms with Crippen molar-refractivity contribution in [3.63, 3.8) is 0 Å². The van der Waals surface area contributed by atoms with E-state index in [1.54, 1.807) is 0 Å². The topological polar surface area (TPSA) is 96.4 Å². The molecular formula is C18H27N5O3. The second-order valence-corrected chi connectivity index (χ2v) is 6.79. The zero-order chi connectivity index (χ0) is 18.5. The molecule has 0 aromatic carbocycles. The van der Waals surface area contributed by atoms with Gasteiger partial charge in [-0.2, -0.15) is 5.10 Å². The van der Waals surface area contributed by atoms with Crippen molar-refractivity contribution in [3.05, 3.63) is 34.5 Å². The van der Waals surface area contributed by atoms with Crippen LogP contribution in [0.25, 0.3) is 0 Å². The van der Waals surface area contributed by atoms with Gasteiger partial charge in [0.15, 0.2) is 0 Å². The van der Waals surface area contributed by atoms with Crippen LogP contribution in [0.4, 0.5) is 0 Å². The number of aryl methyl sites for hydroxylation is 4. The Morgan fingerprint density at radius 1 is 1.38 bits per heavy atom. The first kappa shape index (κ1) is 18.6. The second-order valence-electron chi connectivity index (χ2n) is 6.79. The number of amides is 1. The molecule has 26 heavy (non-hydrogen) atoms. The van der Waals surface area contributed by atoms with Crippen LogP contribution in [0, 0.1) is 13.8 Å². The van der Waals surface area contributed by atoms with Gasteiger partial charge in [-0.25, -0.2) is 0 Å². The summed E-state index contributed by atoms with van der Waals surface area (Å²) in [6.45, 7) is 7.75. The van der Waals surface area contributed by atoms with Crippen LogP contribution in [0.3, 0.4) is 0 Å². The van der Waals surface area contributed by atoms with E-state index in [2.05, 4.69) is 31.2 Å². The maximum atomic E-state index is 11.7.